The molecule has 0 bridgehead atoms. The maximum atomic E-state index is 6.03. The van der Waals surface area contributed by atoms with Crippen LogP contribution in [0.3, 0.4) is 0 Å². The van der Waals surface area contributed by atoms with Crippen LogP contribution < -0.4 is 0 Å². The van der Waals surface area contributed by atoms with Gasteiger partial charge in [-0.2, -0.15) is 0 Å². The second-order valence-electron chi connectivity index (χ2n) is 2.42. The molecule has 0 saturated carbocycles. The Bertz CT molecular complexity index is 413. The van der Waals surface area contributed by atoms with Crippen molar-refractivity contribution in [2.45, 2.75) is 0 Å². The molecule has 2 rings (SSSR count). The molecule has 0 radical (unpaired) electrons. The molecule has 66 valence electrons. The van der Waals surface area contributed by atoms with E-state index in [4.69, 9.17) is 11.6 Å². The second-order valence-corrected chi connectivity index (χ2v) is 3.65. The van der Waals surface area contributed by atoms with Crippen LogP contribution in [-0.4, -0.2) is 15.0 Å². The number of nitrogens with one attached hydrogen (secondary N) is 1. The molecule has 0 aliphatic rings. The van der Waals surface area contributed by atoms with E-state index in [2.05, 4.69) is 30.9 Å². The van der Waals surface area contributed by atoms with E-state index in [1.165, 1.54) is 0 Å². The maximum Gasteiger partial charge on any atom is 0.108 e. The van der Waals surface area contributed by atoms with E-state index < -0.39 is 0 Å². The molecule has 0 aromatic carbocycles. The minimum atomic E-state index is 0.590. The van der Waals surface area contributed by atoms with Crippen LogP contribution in [0.2, 0.25) is 5.02 Å². The number of imidazole rings is 1. The number of hydrogen-bond acceptors (Lipinski definition) is 2. The zero-order valence-electron chi connectivity index (χ0n) is 6.46. The fourth-order valence-corrected chi connectivity index (χ4v) is 1.51. The Morgan fingerprint density at radius 1 is 1.46 bits per heavy atom. The van der Waals surface area contributed by atoms with Crippen LogP contribution in [0.5, 0.6) is 0 Å². The highest BCUT2D eigenvalue weighted by molar-refractivity contribution is 9.10. The molecule has 0 atom stereocenters. The summed E-state index contributed by atoms with van der Waals surface area (Å²) >= 11 is 9.35. The van der Waals surface area contributed by atoms with Gasteiger partial charge in [-0.05, 0) is 22.0 Å². The Balaban J connectivity index is 2.59. The van der Waals surface area contributed by atoms with E-state index in [1.807, 2.05) is 0 Å². The molecular formula is C8H5BrClN3. The Labute approximate surface area is 88.3 Å². The largest absolute Gasteiger partial charge is 0.343 e. The highest BCUT2D eigenvalue weighted by Crippen LogP contribution is 2.30. The molecule has 3 nitrogen and oxygen atoms in total. The Hall–Kier alpha value is -0.870. The van der Waals surface area contributed by atoms with E-state index in [9.17, 15) is 0 Å². The number of aromatic amines is 1. The summed E-state index contributed by atoms with van der Waals surface area (Å²) in [5.41, 5.74) is 1.51. The van der Waals surface area contributed by atoms with Crippen molar-refractivity contribution in [1.29, 1.82) is 0 Å². The minimum Gasteiger partial charge on any atom is -0.343 e. The molecule has 0 amide bonds. The number of rotatable bonds is 1. The number of H-pyrrole nitrogens is 1. The summed E-state index contributed by atoms with van der Waals surface area (Å²) in [6.07, 6.45) is 4.96. The van der Waals surface area contributed by atoms with Gasteiger partial charge in [0.15, 0.2) is 0 Å². The minimum absolute atomic E-state index is 0.590. The molecule has 0 unspecified atom stereocenters. The number of pyridine rings is 1. The molecule has 0 saturated heterocycles. The first kappa shape index (κ1) is 8.72. The number of hydrogen-bond donors (Lipinski definition) is 1. The van der Waals surface area contributed by atoms with Gasteiger partial charge in [-0.25, -0.2) is 4.98 Å². The summed E-state index contributed by atoms with van der Waals surface area (Å²) in [7, 11) is 0. The van der Waals surface area contributed by atoms with Gasteiger partial charge in [0.1, 0.15) is 5.69 Å². The number of halogens is 2. The average Bonchev–Trinajstić information content (AvgIpc) is 2.62. The molecule has 0 aliphatic carbocycles. The van der Waals surface area contributed by atoms with Crippen LogP contribution in [0.15, 0.2) is 29.3 Å². The summed E-state index contributed by atoms with van der Waals surface area (Å²) in [6, 6.07) is 1.79. The molecule has 13 heavy (non-hydrogen) atoms. The summed E-state index contributed by atoms with van der Waals surface area (Å²) in [5.74, 6) is 0. The van der Waals surface area contributed by atoms with Gasteiger partial charge in [0.05, 0.1) is 23.2 Å². The second kappa shape index (κ2) is 3.47. The van der Waals surface area contributed by atoms with Crippen molar-refractivity contribution in [3.63, 3.8) is 0 Å². The van der Waals surface area contributed by atoms with Gasteiger partial charge in [0, 0.05) is 10.7 Å². The molecule has 2 heterocycles. The Morgan fingerprint density at radius 3 is 3.00 bits per heavy atom. The lowest BCUT2D eigenvalue weighted by molar-refractivity contribution is 1.26. The van der Waals surface area contributed by atoms with E-state index in [1.54, 1.807) is 24.8 Å². The van der Waals surface area contributed by atoms with Crippen LogP contribution in [0.1, 0.15) is 0 Å². The predicted molar refractivity (Wildman–Crippen MR) is 54.5 cm³/mol. The third-order valence-corrected chi connectivity index (χ3v) is 2.87. The van der Waals surface area contributed by atoms with Crippen LogP contribution in [0.4, 0.5) is 0 Å². The van der Waals surface area contributed by atoms with Crippen molar-refractivity contribution in [3.05, 3.63) is 34.3 Å². The zero-order valence-corrected chi connectivity index (χ0v) is 8.80. The van der Waals surface area contributed by atoms with Gasteiger partial charge in [-0.15, -0.1) is 0 Å². The lowest BCUT2D eigenvalue weighted by Crippen LogP contribution is -1.84. The first-order valence-corrected chi connectivity index (χ1v) is 4.75. The van der Waals surface area contributed by atoms with E-state index in [0.717, 1.165) is 10.2 Å². The summed E-state index contributed by atoms with van der Waals surface area (Å²) in [4.78, 5) is 11.0. The van der Waals surface area contributed by atoms with E-state index >= 15 is 0 Å². The van der Waals surface area contributed by atoms with Gasteiger partial charge in [-0.3, -0.25) is 4.98 Å². The summed E-state index contributed by atoms with van der Waals surface area (Å²) in [6.45, 7) is 0. The molecule has 2 aromatic rings. The zero-order chi connectivity index (χ0) is 9.26. The maximum absolute atomic E-state index is 6.03. The molecule has 0 spiro atoms. The van der Waals surface area contributed by atoms with Gasteiger partial charge in [0.2, 0.25) is 0 Å². The third-order valence-electron chi connectivity index (χ3n) is 1.60. The SMILES string of the molecule is Clc1c(Br)ccnc1-c1cnc[nH]1. The first-order chi connectivity index (χ1) is 6.29. The molecule has 1 N–H and O–H groups in total. The lowest BCUT2D eigenvalue weighted by atomic mass is 10.3. The van der Waals surface area contributed by atoms with Crippen molar-refractivity contribution < 1.29 is 0 Å². The van der Waals surface area contributed by atoms with Crippen molar-refractivity contribution >= 4 is 27.5 Å². The third kappa shape index (κ3) is 1.59. The van der Waals surface area contributed by atoms with Crippen LogP contribution in [-0.2, 0) is 0 Å². The first-order valence-electron chi connectivity index (χ1n) is 3.58. The number of aromatic nitrogens is 3. The fraction of sp³-hybridized carbons (Fsp3) is 0. The molecule has 2 aromatic heterocycles. The summed E-state index contributed by atoms with van der Waals surface area (Å²) in [5, 5.41) is 0.590. The van der Waals surface area contributed by atoms with Crippen molar-refractivity contribution in [1.82, 2.24) is 15.0 Å². The van der Waals surface area contributed by atoms with Crippen molar-refractivity contribution in [2.24, 2.45) is 0 Å². The molecule has 0 aliphatic heterocycles. The van der Waals surface area contributed by atoms with Crippen LogP contribution in [0, 0.1) is 0 Å². The van der Waals surface area contributed by atoms with Gasteiger partial charge in [-0.1, -0.05) is 11.6 Å². The van der Waals surface area contributed by atoms with Gasteiger partial charge >= 0.3 is 0 Å². The smallest absolute Gasteiger partial charge is 0.108 e. The molecule has 5 heteroatoms. The highest BCUT2D eigenvalue weighted by Gasteiger charge is 2.08. The van der Waals surface area contributed by atoms with Crippen LogP contribution in [0.25, 0.3) is 11.4 Å². The molecule has 0 fully saturated rings. The fourth-order valence-electron chi connectivity index (χ4n) is 0.993. The molecular weight excluding hydrogens is 253 g/mol. The van der Waals surface area contributed by atoms with E-state index in [-0.39, 0.29) is 0 Å². The van der Waals surface area contributed by atoms with Crippen molar-refractivity contribution in [2.75, 3.05) is 0 Å². The normalized spacial score (nSPS) is 10.3. The lowest BCUT2D eigenvalue weighted by Gasteiger charge is -2.00. The Morgan fingerprint density at radius 2 is 2.31 bits per heavy atom. The average molecular weight is 259 g/mol. The van der Waals surface area contributed by atoms with Gasteiger partial charge < -0.3 is 4.98 Å². The van der Waals surface area contributed by atoms with Crippen molar-refractivity contribution in [3.8, 4) is 11.4 Å². The Kier molecular flexibility index (Phi) is 2.33. The highest BCUT2D eigenvalue weighted by atomic mass is 79.9. The van der Waals surface area contributed by atoms with Gasteiger partial charge in [0.25, 0.3) is 0 Å². The topological polar surface area (TPSA) is 41.6 Å². The van der Waals surface area contributed by atoms with Crippen LogP contribution >= 0.6 is 27.5 Å². The summed E-state index contributed by atoms with van der Waals surface area (Å²) < 4.78 is 0.828. The predicted octanol–water partition coefficient (Wildman–Crippen LogP) is 2.89. The number of nitrogens with zero attached hydrogens (tertiary/aromatic N) is 2. The van der Waals surface area contributed by atoms with E-state index in [0.29, 0.717) is 10.7 Å². The standard InChI is InChI=1S/C8H5BrClN3/c9-5-1-2-12-8(7(5)10)6-3-11-4-13-6/h1-4H,(H,11,13). The quantitative estimate of drug-likeness (QED) is 0.854. The monoisotopic (exact) mass is 257 g/mol.